The maximum absolute atomic E-state index is 12.5. The van der Waals surface area contributed by atoms with E-state index in [1.807, 2.05) is 0 Å². The molecule has 1 aromatic heterocycles. The molecular formula is C15H25ClN4OS. The zero-order valence-electron chi connectivity index (χ0n) is 13.1. The molecule has 0 radical (unpaired) electrons. The molecule has 22 heavy (non-hydrogen) atoms. The molecule has 1 heterocycles. The molecule has 2 atom stereocenters. The molecule has 1 amide bonds. The van der Waals surface area contributed by atoms with Gasteiger partial charge in [0.15, 0.2) is 0 Å². The van der Waals surface area contributed by atoms with Gasteiger partial charge in [-0.25, -0.2) is 0 Å². The first kappa shape index (κ1) is 17.6. The van der Waals surface area contributed by atoms with Crippen molar-refractivity contribution in [2.24, 2.45) is 23.5 Å². The SMILES string of the molecule is CC(C)c1nnc(NC(=O)C2CC3CCCC(C2)C3N)s1.Cl. The lowest BCUT2D eigenvalue weighted by molar-refractivity contribution is -0.122. The van der Waals surface area contributed by atoms with Crippen LogP contribution in [0.4, 0.5) is 5.13 Å². The van der Waals surface area contributed by atoms with E-state index in [2.05, 4.69) is 29.4 Å². The van der Waals surface area contributed by atoms with Crippen LogP contribution in [-0.2, 0) is 4.79 Å². The van der Waals surface area contributed by atoms with Crippen LogP contribution in [0.25, 0.3) is 0 Å². The van der Waals surface area contributed by atoms with Gasteiger partial charge in [0.25, 0.3) is 0 Å². The third kappa shape index (κ3) is 3.60. The van der Waals surface area contributed by atoms with Crippen LogP contribution in [0.2, 0.25) is 0 Å². The van der Waals surface area contributed by atoms with Crippen LogP contribution in [0.15, 0.2) is 0 Å². The Bertz CT molecular complexity index is 507. The Morgan fingerprint density at radius 1 is 1.27 bits per heavy atom. The van der Waals surface area contributed by atoms with Crippen LogP contribution in [0, 0.1) is 17.8 Å². The summed E-state index contributed by atoms with van der Waals surface area (Å²) in [5.74, 6) is 1.58. The highest BCUT2D eigenvalue weighted by Crippen LogP contribution is 2.42. The minimum Gasteiger partial charge on any atom is -0.327 e. The summed E-state index contributed by atoms with van der Waals surface area (Å²) >= 11 is 1.48. The first-order chi connectivity index (χ1) is 10.0. The van der Waals surface area contributed by atoms with Crippen molar-refractivity contribution < 1.29 is 4.79 Å². The number of nitrogens with zero attached hydrogens (tertiary/aromatic N) is 2. The second kappa shape index (κ2) is 7.23. The highest BCUT2D eigenvalue weighted by atomic mass is 35.5. The van der Waals surface area contributed by atoms with Crippen molar-refractivity contribution in [1.29, 1.82) is 0 Å². The zero-order valence-corrected chi connectivity index (χ0v) is 14.8. The van der Waals surface area contributed by atoms with Crippen LogP contribution in [0.5, 0.6) is 0 Å². The average molecular weight is 345 g/mol. The fourth-order valence-electron chi connectivity index (χ4n) is 3.73. The number of fused-ring (bicyclic) bond motifs is 2. The Balaban J connectivity index is 0.00000176. The van der Waals surface area contributed by atoms with E-state index in [1.165, 1.54) is 30.6 Å². The Morgan fingerprint density at radius 3 is 2.45 bits per heavy atom. The maximum atomic E-state index is 12.5. The summed E-state index contributed by atoms with van der Waals surface area (Å²) < 4.78 is 0. The van der Waals surface area contributed by atoms with Gasteiger partial charge in [-0.3, -0.25) is 4.79 Å². The number of amides is 1. The van der Waals surface area contributed by atoms with E-state index in [1.54, 1.807) is 0 Å². The first-order valence-corrected chi connectivity index (χ1v) is 8.76. The predicted octanol–water partition coefficient (Wildman–Crippen LogP) is 3.18. The number of carbonyl (C=O) groups is 1. The molecule has 7 heteroatoms. The van der Waals surface area contributed by atoms with Gasteiger partial charge < -0.3 is 11.1 Å². The molecule has 2 fully saturated rings. The Labute approximate surface area is 141 Å². The van der Waals surface area contributed by atoms with Gasteiger partial charge in [0, 0.05) is 17.9 Å². The quantitative estimate of drug-likeness (QED) is 0.882. The molecule has 2 bridgehead atoms. The predicted molar refractivity (Wildman–Crippen MR) is 91.4 cm³/mol. The lowest BCUT2D eigenvalue weighted by atomic mass is 9.65. The van der Waals surface area contributed by atoms with E-state index < -0.39 is 0 Å². The highest BCUT2D eigenvalue weighted by molar-refractivity contribution is 7.15. The van der Waals surface area contributed by atoms with Crippen molar-refractivity contribution in [1.82, 2.24) is 10.2 Å². The van der Waals surface area contributed by atoms with Crippen molar-refractivity contribution in [3.05, 3.63) is 5.01 Å². The first-order valence-electron chi connectivity index (χ1n) is 7.94. The van der Waals surface area contributed by atoms with Crippen molar-refractivity contribution in [3.8, 4) is 0 Å². The summed E-state index contributed by atoms with van der Waals surface area (Å²) in [6.07, 6.45) is 5.49. The molecule has 0 spiro atoms. The van der Waals surface area contributed by atoms with Gasteiger partial charge in [-0.1, -0.05) is 31.6 Å². The minimum atomic E-state index is 0. The molecule has 2 aliphatic carbocycles. The summed E-state index contributed by atoms with van der Waals surface area (Å²) in [5.41, 5.74) is 6.28. The van der Waals surface area contributed by atoms with Crippen molar-refractivity contribution in [2.45, 2.75) is 57.9 Å². The molecule has 3 rings (SSSR count). The van der Waals surface area contributed by atoms with E-state index >= 15 is 0 Å². The summed E-state index contributed by atoms with van der Waals surface area (Å²) in [6.45, 7) is 4.16. The lowest BCUT2D eigenvalue weighted by Gasteiger charge is -2.43. The molecule has 3 N–H and O–H groups in total. The van der Waals surface area contributed by atoms with E-state index in [0.717, 1.165) is 17.8 Å². The van der Waals surface area contributed by atoms with Gasteiger partial charge in [0.1, 0.15) is 5.01 Å². The molecule has 2 aliphatic rings. The third-order valence-corrected chi connectivity index (χ3v) is 6.09. The number of halogens is 1. The number of carbonyl (C=O) groups excluding carboxylic acids is 1. The Hall–Kier alpha value is -0.720. The fraction of sp³-hybridized carbons (Fsp3) is 0.800. The van der Waals surface area contributed by atoms with Crippen LogP contribution in [-0.4, -0.2) is 22.1 Å². The van der Waals surface area contributed by atoms with Crippen LogP contribution >= 0.6 is 23.7 Å². The lowest BCUT2D eigenvalue weighted by Crippen LogP contribution is -2.48. The average Bonchev–Trinajstić information content (AvgIpc) is 2.87. The molecule has 2 saturated carbocycles. The van der Waals surface area contributed by atoms with Gasteiger partial charge >= 0.3 is 0 Å². The van der Waals surface area contributed by atoms with Crippen LogP contribution in [0.3, 0.4) is 0 Å². The molecule has 124 valence electrons. The van der Waals surface area contributed by atoms with E-state index in [9.17, 15) is 4.79 Å². The normalized spacial score (nSPS) is 30.7. The summed E-state index contributed by atoms with van der Waals surface area (Å²) in [4.78, 5) is 12.5. The van der Waals surface area contributed by atoms with Crippen molar-refractivity contribution in [3.63, 3.8) is 0 Å². The number of nitrogens with two attached hydrogens (primary N) is 1. The molecule has 2 unspecified atom stereocenters. The number of aromatic nitrogens is 2. The molecule has 0 saturated heterocycles. The second-order valence-electron chi connectivity index (χ2n) is 6.79. The number of rotatable bonds is 3. The van der Waals surface area contributed by atoms with Crippen molar-refractivity contribution >= 4 is 34.8 Å². The Morgan fingerprint density at radius 2 is 1.91 bits per heavy atom. The van der Waals surface area contributed by atoms with E-state index in [0.29, 0.717) is 28.9 Å². The molecule has 0 aliphatic heterocycles. The smallest absolute Gasteiger partial charge is 0.229 e. The monoisotopic (exact) mass is 344 g/mol. The third-order valence-electron chi connectivity index (χ3n) is 4.95. The Kier molecular flexibility index (Phi) is 5.80. The topological polar surface area (TPSA) is 80.9 Å². The molecule has 5 nitrogen and oxygen atoms in total. The van der Waals surface area contributed by atoms with Gasteiger partial charge in [-0.2, -0.15) is 0 Å². The van der Waals surface area contributed by atoms with Crippen LogP contribution < -0.4 is 11.1 Å². The van der Waals surface area contributed by atoms with E-state index in [-0.39, 0.29) is 24.2 Å². The minimum absolute atomic E-state index is 0. The fourth-order valence-corrected chi connectivity index (χ4v) is 4.48. The maximum Gasteiger partial charge on any atom is 0.229 e. The zero-order chi connectivity index (χ0) is 15.0. The van der Waals surface area contributed by atoms with Crippen LogP contribution in [0.1, 0.15) is 56.9 Å². The second-order valence-corrected chi connectivity index (χ2v) is 7.80. The van der Waals surface area contributed by atoms with Gasteiger partial charge in [-0.15, -0.1) is 22.6 Å². The standard InChI is InChI=1S/C15H24N4OS.ClH/c1-8(2)14-18-19-15(21-14)17-13(20)11-6-9-4-3-5-10(7-11)12(9)16;/h8-12H,3-7,16H2,1-2H3,(H,17,19,20);1H. The number of hydrogen-bond acceptors (Lipinski definition) is 5. The highest BCUT2D eigenvalue weighted by Gasteiger charge is 2.40. The number of nitrogens with one attached hydrogen (secondary N) is 1. The summed E-state index contributed by atoms with van der Waals surface area (Å²) in [5, 5.41) is 12.7. The van der Waals surface area contributed by atoms with Crippen molar-refractivity contribution in [2.75, 3.05) is 5.32 Å². The van der Waals surface area contributed by atoms with Gasteiger partial charge in [0.2, 0.25) is 11.0 Å². The number of hydrogen-bond donors (Lipinski definition) is 2. The van der Waals surface area contributed by atoms with Gasteiger partial charge in [0.05, 0.1) is 0 Å². The number of anilines is 1. The summed E-state index contributed by atoms with van der Waals surface area (Å²) in [6, 6.07) is 0.303. The largest absolute Gasteiger partial charge is 0.327 e. The van der Waals surface area contributed by atoms with E-state index in [4.69, 9.17) is 5.73 Å². The molecule has 0 aromatic carbocycles. The molecule has 1 aromatic rings. The summed E-state index contributed by atoms with van der Waals surface area (Å²) in [7, 11) is 0. The molecular weight excluding hydrogens is 320 g/mol. The van der Waals surface area contributed by atoms with Gasteiger partial charge in [-0.05, 0) is 37.5 Å².